The molecule has 2 aromatic carbocycles. The maximum atomic E-state index is 12.0. The van der Waals surface area contributed by atoms with E-state index in [4.69, 9.17) is 11.6 Å². The number of nitrogens with one attached hydrogen (secondary N) is 2. The minimum absolute atomic E-state index is 0.168. The number of halogens is 1. The molecule has 0 radical (unpaired) electrons. The smallest absolute Gasteiger partial charge is 0.272 e. The molecule has 0 spiro atoms. The molecule has 3 aromatic rings. The molecule has 0 fully saturated rings. The van der Waals surface area contributed by atoms with Gasteiger partial charge in [0.15, 0.2) is 0 Å². The average Bonchev–Trinajstić information content (AvgIpc) is 2.42. The van der Waals surface area contributed by atoms with Gasteiger partial charge in [0, 0.05) is 21.6 Å². The standard InChI is InChI=1S/C15H11ClN2O/c16-12-7-4-8-13-11(12)9-14(15(19)18-13)17-10-5-2-1-3-6-10/h1-9,17H,(H,18,19). The predicted octanol–water partition coefficient (Wildman–Crippen LogP) is 3.93. The lowest BCUT2D eigenvalue weighted by Crippen LogP contribution is -2.11. The van der Waals surface area contributed by atoms with Crippen molar-refractivity contribution >= 4 is 33.9 Å². The van der Waals surface area contributed by atoms with Crippen LogP contribution in [0.5, 0.6) is 0 Å². The SMILES string of the molecule is O=c1[nH]c2cccc(Cl)c2cc1Nc1ccccc1. The molecule has 0 amide bonds. The third kappa shape index (κ3) is 2.33. The van der Waals surface area contributed by atoms with E-state index in [0.717, 1.165) is 16.6 Å². The summed E-state index contributed by atoms with van der Waals surface area (Å²) < 4.78 is 0. The van der Waals surface area contributed by atoms with Gasteiger partial charge >= 0.3 is 0 Å². The third-order valence-electron chi connectivity index (χ3n) is 2.89. The fraction of sp³-hybridized carbons (Fsp3) is 0. The maximum Gasteiger partial charge on any atom is 0.272 e. The fourth-order valence-electron chi connectivity index (χ4n) is 1.96. The molecule has 0 unspecified atom stereocenters. The van der Waals surface area contributed by atoms with Crippen LogP contribution < -0.4 is 10.9 Å². The van der Waals surface area contributed by atoms with Gasteiger partial charge in [0.2, 0.25) is 0 Å². The monoisotopic (exact) mass is 270 g/mol. The summed E-state index contributed by atoms with van der Waals surface area (Å²) in [6.07, 6.45) is 0. The summed E-state index contributed by atoms with van der Waals surface area (Å²) in [6.45, 7) is 0. The summed E-state index contributed by atoms with van der Waals surface area (Å²) in [7, 11) is 0. The number of hydrogen-bond acceptors (Lipinski definition) is 2. The Hall–Kier alpha value is -2.26. The third-order valence-corrected chi connectivity index (χ3v) is 3.22. The Labute approximate surface area is 114 Å². The molecule has 94 valence electrons. The Bertz CT molecular complexity index is 781. The summed E-state index contributed by atoms with van der Waals surface area (Å²) in [5, 5.41) is 4.53. The Morgan fingerprint density at radius 3 is 2.58 bits per heavy atom. The second-order valence-corrected chi connectivity index (χ2v) is 4.61. The molecule has 1 heterocycles. The second-order valence-electron chi connectivity index (χ2n) is 4.20. The Balaban J connectivity index is 2.12. The van der Waals surface area contributed by atoms with Crippen LogP contribution in [0.3, 0.4) is 0 Å². The quantitative estimate of drug-likeness (QED) is 0.741. The van der Waals surface area contributed by atoms with Crippen molar-refractivity contribution in [2.24, 2.45) is 0 Å². The molecule has 0 aliphatic rings. The van der Waals surface area contributed by atoms with Crippen LogP contribution in [-0.2, 0) is 0 Å². The van der Waals surface area contributed by atoms with E-state index in [9.17, 15) is 4.79 Å². The molecule has 0 aliphatic heterocycles. The molecule has 4 heteroatoms. The minimum atomic E-state index is -0.168. The summed E-state index contributed by atoms with van der Waals surface area (Å²) in [5.41, 5.74) is 1.90. The fourth-order valence-corrected chi connectivity index (χ4v) is 2.19. The topological polar surface area (TPSA) is 44.9 Å². The molecule has 0 saturated carbocycles. The maximum absolute atomic E-state index is 12.0. The Kier molecular flexibility index (Phi) is 2.97. The lowest BCUT2D eigenvalue weighted by molar-refractivity contribution is 1.30. The molecular weight excluding hydrogens is 260 g/mol. The zero-order valence-corrected chi connectivity index (χ0v) is 10.7. The Morgan fingerprint density at radius 2 is 1.79 bits per heavy atom. The van der Waals surface area contributed by atoms with Crippen molar-refractivity contribution < 1.29 is 0 Å². The van der Waals surface area contributed by atoms with E-state index < -0.39 is 0 Å². The van der Waals surface area contributed by atoms with E-state index >= 15 is 0 Å². The second kappa shape index (κ2) is 4.78. The number of anilines is 2. The number of aromatic nitrogens is 1. The highest BCUT2D eigenvalue weighted by atomic mass is 35.5. The normalized spacial score (nSPS) is 10.6. The van der Waals surface area contributed by atoms with Crippen LogP contribution in [0.15, 0.2) is 59.4 Å². The van der Waals surface area contributed by atoms with Crippen LogP contribution in [0.4, 0.5) is 11.4 Å². The van der Waals surface area contributed by atoms with Crippen molar-refractivity contribution in [2.75, 3.05) is 5.32 Å². The molecule has 3 rings (SSSR count). The first-order valence-corrected chi connectivity index (χ1v) is 6.25. The highest BCUT2D eigenvalue weighted by molar-refractivity contribution is 6.35. The van der Waals surface area contributed by atoms with Crippen molar-refractivity contribution in [3.63, 3.8) is 0 Å². The number of aromatic amines is 1. The number of fused-ring (bicyclic) bond motifs is 1. The minimum Gasteiger partial charge on any atom is -0.351 e. The van der Waals surface area contributed by atoms with Crippen LogP contribution in [0.1, 0.15) is 0 Å². The lowest BCUT2D eigenvalue weighted by Gasteiger charge is -2.07. The first kappa shape index (κ1) is 11.8. The molecule has 0 aliphatic carbocycles. The lowest BCUT2D eigenvalue weighted by atomic mass is 10.2. The van der Waals surface area contributed by atoms with E-state index in [1.165, 1.54) is 0 Å². The van der Waals surface area contributed by atoms with Gasteiger partial charge in [-0.3, -0.25) is 4.79 Å². The molecule has 3 nitrogen and oxygen atoms in total. The van der Waals surface area contributed by atoms with E-state index in [1.807, 2.05) is 42.5 Å². The molecule has 0 atom stereocenters. The largest absolute Gasteiger partial charge is 0.351 e. The van der Waals surface area contributed by atoms with Gasteiger partial charge in [0.25, 0.3) is 5.56 Å². The zero-order chi connectivity index (χ0) is 13.2. The predicted molar refractivity (Wildman–Crippen MR) is 79.3 cm³/mol. The summed E-state index contributed by atoms with van der Waals surface area (Å²) in [4.78, 5) is 14.8. The van der Waals surface area contributed by atoms with Gasteiger partial charge in [-0.25, -0.2) is 0 Å². The number of benzene rings is 2. The molecule has 0 saturated heterocycles. The molecule has 2 N–H and O–H groups in total. The van der Waals surface area contributed by atoms with Gasteiger partial charge in [0.1, 0.15) is 5.69 Å². The van der Waals surface area contributed by atoms with E-state index in [-0.39, 0.29) is 5.56 Å². The van der Waals surface area contributed by atoms with Crippen LogP contribution in [0.25, 0.3) is 10.9 Å². The van der Waals surface area contributed by atoms with E-state index in [0.29, 0.717) is 10.7 Å². The van der Waals surface area contributed by atoms with E-state index in [2.05, 4.69) is 10.3 Å². The van der Waals surface area contributed by atoms with Crippen LogP contribution in [-0.4, -0.2) is 4.98 Å². The van der Waals surface area contributed by atoms with E-state index in [1.54, 1.807) is 12.1 Å². The van der Waals surface area contributed by atoms with Gasteiger partial charge in [-0.05, 0) is 30.3 Å². The number of H-pyrrole nitrogens is 1. The van der Waals surface area contributed by atoms with Crippen molar-refractivity contribution in [1.29, 1.82) is 0 Å². The summed E-state index contributed by atoms with van der Waals surface area (Å²) in [6, 6.07) is 16.7. The number of hydrogen-bond donors (Lipinski definition) is 2. The van der Waals surface area contributed by atoms with Crippen LogP contribution in [0, 0.1) is 0 Å². The summed E-state index contributed by atoms with van der Waals surface area (Å²) in [5.74, 6) is 0. The van der Waals surface area contributed by atoms with Gasteiger partial charge in [-0.2, -0.15) is 0 Å². The van der Waals surface area contributed by atoms with Crippen LogP contribution in [0.2, 0.25) is 5.02 Å². The Morgan fingerprint density at radius 1 is 1.00 bits per heavy atom. The van der Waals surface area contributed by atoms with Gasteiger partial charge in [0.05, 0.1) is 0 Å². The number of rotatable bonds is 2. The highest BCUT2D eigenvalue weighted by Crippen LogP contribution is 2.23. The average molecular weight is 271 g/mol. The zero-order valence-electron chi connectivity index (χ0n) is 9.98. The van der Waals surface area contributed by atoms with Gasteiger partial charge in [-0.15, -0.1) is 0 Å². The van der Waals surface area contributed by atoms with Gasteiger partial charge in [-0.1, -0.05) is 35.9 Å². The number of para-hydroxylation sites is 1. The first-order valence-electron chi connectivity index (χ1n) is 5.88. The molecular formula is C15H11ClN2O. The number of pyridine rings is 1. The van der Waals surface area contributed by atoms with Crippen molar-refractivity contribution in [1.82, 2.24) is 4.98 Å². The molecule has 19 heavy (non-hydrogen) atoms. The molecule has 1 aromatic heterocycles. The molecule has 0 bridgehead atoms. The van der Waals surface area contributed by atoms with Crippen molar-refractivity contribution in [2.45, 2.75) is 0 Å². The van der Waals surface area contributed by atoms with Crippen molar-refractivity contribution in [3.8, 4) is 0 Å². The van der Waals surface area contributed by atoms with Gasteiger partial charge < -0.3 is 10.3 Å². The first-order chi connectivity index (χ1) is 9.24. The van der Waals surface area contributed by atoms with Crippen LogP contribution >= 0.6 is 11.6 Å². The summed E-state index contributed by atoms with van der Waals surface area (Å²) >= 11 is 6.13. The van der Waals surface area contributed by atoms with Crippen molar-refractivity contribution in [3.05, 3.63) is 70.0 Å². The highest BCUT2D eigenvalue weighted by Gasteiger charge is 2.05.